The van der Waals surface area contributed by atoms with Crippen molar-refractivity contribution >= 4 is 0 Å². The molecule has 63 heavy (non-hydrogen) atoms. The highest BCUT2D eigenvalue weighted by molar-refractivity contribution is 5.74. The Morgan fingerprint density at radius 2 is 0.556 bits per heavy atom. The van der Waals surface area contributed by atoms with Gasteiger partial charge in [-0.2, -0.15) is 0 Å². The molecule has 0 bridgehead atoms. The van der Waals surface area contributed by atoms with Crippen LogP contribution in [0.4, 0.5) is 0 Å². The molecular formula is C60H53N3. The second-order valence-corrected chi connectivity index (χ2v) is 16.7. The third kappa shape index (κ3) is 9.34. The van der Waals surface area contributed by atoms with Crippen molar-refractivity contribution in [2.45, 2.75) is 57.3 Å². The van der Waals surface area contributed by atoms with Crippen LogP contribution in [0.25, 0.3) is 67.2 Å². The lowest BCUT2D eigenvalue weighted by atomic mass is 9.66. The number of pyridine rings is 3. The second-order valence-electron chi connectivity index (χ2n) is 16.7. The summed E-state index contributed by atoms with van der Waals surface area (Å²) in [5.41, 5.74) is 17.7. The summed E-state index contributed by atoms with van der Waals surface area (Å²) in [6.45, 7) is 4.25. The van der Waals surface area contributed by atoms with Gasteiger partial charge in [0.2, 0.25) is 0 Å². The monoisotopic (exact) mass is 815 g/mol. The number of aromatic nitrogens is 3. The summed E-state index contributed by atoms with van der Waals surface area (Å²) in [4.78, 5) is 14.9. The van der Waals surface area contributed by atoms with Crippen molar-refractivity contribution in [1.29, 1.82) is 0 Å². The molecule has 9 aromatic rings. The molecule has 0 atom stereocenters. The number of hydrogen-bond acceptors (Lipinski definition) is 3. The van der Waals surface area contributed by atoms with E-state index in [-0.39, 0.29) is 0 Å². The van der Waals surface area contributed by atoms with E-state index in [1.807, 2.05) is 18.2 Å². The Labute approximate surface area is 373 Å². The highest BCUT2D eigenvalue weighted by atomic mass is 14.7. The fourth-order valence-electron chi connectivity index (χ4n) is 9.43. The average Bonchev–Trinajstić information content (AvgIpc) is 3.37. The van der Waals surface area contributed by atoms with Crippen LogP contribution in [-0.4, -0.2) is 15.0 Å². The molecule has 3 heteroatoms. The van der Waals surface area contributed by atoms with Crippen molar-refractivity contribution in [3.8, 4) is 67.2 Å². The first-order valence-corrected chi connectivity index (χ1v) is 22.5. The van der Waals surface area contributed by atoms with Crippen LogP contribution < -0.4 is 0 Å². The summed E-state index contributed by atoms with van der Waals surface area (Å²) in [5.74, 6) is 0.950. The van der Waals surface area contributed by atoms with Crippen molar-refractivity contribution in [2.24, 2.45) is 0 Å². The SMILES string of the molecule is CCC.c1ccc(-c2ccc(-c3ccccc3C3CC(c4ccccc4-c4ccc(-c5ccccc5)nc4)CC(c4ccccc4-c4ccc(-c5ccccc5)nc4)C3)cn2)cc1. The lowest BCUT2D eigenvalue weighted by molar-refractivity contribution is 0.353. The zero-order valence-electron chi connectivity index (χ0n) is 36.2. The molecule has 308 valence electrons. The minimum Gasteiger partial charge on any atom is -0.256 e. The molecule has 0 amide bonds. The van der Waals surface area contributed by atoms with Crippen molar-refractivity contribution < 1.29 is 0 Å². The molecule has 0 N–H and O–H groups in total. The summed E-state index contributed by atoms with van der Waals surface area (Å²) in [5, 5.41) is 0. The van der Waals surface area contributed by atoms with Crippen LogP contribution in [0.2, 0.25) is 0 Å². The van der Waals surface area contributed by atoms with Gasteiger partial charge < -0.3 is 0 Å². The van der Waals surface area contributed by atoms with E-state index in [2.05, 4.69) is 214 Å². The van der Waals surface area contributed by atoms with E-state index in [4.69, 9.17) is 15.0 Å². The van der Waals surface area contributed by atoms with Crippen LogP contribution in [0.3, 0.4) is 0 Å². The number of benzene rings is 6. The van der Waals surface area contributed by atoms with Gasteiger partial charge >= 0.3 is 0 Å². The molecule has 10 rings (SSSR count). The molecule has 1 aliphatic carbocycles. The molecule has 1 saturated carbocycles. The van der Waals surface area contributed by atoms with Gasteiger partial charge in [-0.3, -0.25) is 15.0 Å². The maximum atomic E-state index is 4.97. The Morgan fingerprint density at radius 1 is 0.302 bits per heavy atom. The first-order valence-electron chi connectivity index (χ1n) is 22.5. The van der Waals surface area contributed by atoms with E-state index in [9.17, 15) is 0 Å². The molecule has 6 aromatic carbocycles. The van der Waals surface area contributed by atoms with Crippen LogP contribution in [0, 0.1) is 0 Å². The molecule has 0 aliphatic heterocycles. The molecule has 0 spiro atoms. The predicted octanol–water partition coefficient (Wildman–Crippen LogP) is 16.1. The summed E-state index contributed by atoms with van der Waals surface area (Å²) in [6, 6.07) is 71.6. The Morgan fingerprint density at radius 3 is 0.810 bits per heavy atom. The molecule has 1 fully saturated rings. The second kappa shape index (κ2) is 19.6. The van der Waals surface area contributed by atoms with Crippen LogP contribution in [0.1, 0.15) is 74.0 Å². The lowest BCUT2D eigenvalue weighted by Gasteiger charge is -2.38. The van der Waals surface area contributed by atoms with Gasteiger partial charge in [0.15, 0.2) is 0 Å². The maximum Gasteiger partial charge on any atom is 0.0702 e. The van der Waals surface area contributed by atoms with Crippen LogP contribution in [0.5, 0.6) is 0 Å². The zero-order chi connectivity index (χ0) is 42.8. The predicted molar refractivity (Wildman–Crippen MR) is 263 cm³/mol. The molecule has 0 unspecified atom stereocenters. The average molecular weight is 816 g/mol. The third-order valence-corrected chi connectivity index (χ3v) is 12.3. The number of hydrogen-bond donors (Lipinski definition) is 0. The van der Waals surface area contributed by atoms with E-state index in [0.29, 0.717) is 17.8 Å². The van der Waals surface area contributed by atoms with Gasteiger partial charge in [0.05, 0.1) is 17.1 Å². The molecule has 3 aromatic heterocycles. The van der Waals surface area contributed by atoms with Gasteiger partial charge in [0, 0.05) is 52.0 Å². The molecular weight excluding hydrogens is 763 g/mol. The minimum absolute atomic E-state index is 0.317. The van der Waals surface area contributed by atoms with E-state index in [1.54, 1.807) is 0 Å². The minimum atomic E-state index is 0.317. The third-order valence-electron chi connectivity index (χ3n) is 12.3. The fourth-order valence-corrected chi connectivity index (χ4v) is 9.43. The summed E-state index contributed by atoms with van der Waals surface area (Å²) in [7, 11) is 0. The summed E-state index contributed by atoms with van der Waals surface area (Å²) >= 11 is 0. The lowest BCUT2D eigenvalue weighted by Crippen LogP contribution is -2.21. The Hall–Kier alpha value is -7.23. The normalized spacial score (nSPS) is 15.8. The zero-order valence-corrected chi connectivity index (χ0v) is 36.2. The standard InChI is InChI=1S/C57H45N3.C3H8/c1-4-16-40(17-5-1)55-31-28-43(37-58-55)49-22-10-13-25-52(49)46-34-47(53-26-14-11-23-50(53)44-29-32-56(59-38-44)41-18-6-2-7-19-41)36-48(35-46)54-27-15-12-24-51(54)45-30-33-57(60-39-45)42-20-8-3-9-21-42;1-3-2/h1-33,37-39,46-48H,34-36H2;3H2,1-2H3. The first-order chi connectivity index (χ1) is 31.2. The Bertz CT molecular complexity index is 2520. The van der Waals surface area contributed by atoms with Crippen molar-refractivity contribution in [1.82, 2.24) is 15.0 Å². The van der Waals surface area contributed by atoms with Crippen LogP contribution in [0.15, 0.2) is 219 Å². The Balaban J connectivity index is 0.00000164. The Kier molecular flexibility index (Phi) is 12.8. The van der Waals surface area contributed by atoms with Crippen LogP contribution >= 0.6 is 0 Å². The van der Waals surface area contributed by atoms with Crippen molar-refractivity contribution in [3.63, 3.8) is 0 Å². The largest absolute Gasteiger partial charge is 0.256 e. The highest BCUT2D eigenvalue weighted by Gasteiger charge is 2.34. The number of nitrogens with zero attached hydrogens (tertiary/aromatic N) is 3. The van der Waals surface area contributed by atoms with Crippen molar-refractivity contribution in [3.05, 3.63) is 235 Å². The van der Waals surface area contributed by atoms with Gasteiger partial charge in [-0.1, -0.05) is 202 Å². The topological polar surface area (TPSA) is 38.7 Å². The molecule has 3 nitrogen and oxygen atoms in total. The van der Waals surface area contributed by atoms with Gasteiger partial charge in [0.25, 0.3) is 0 Å². The summed E-state index contributed by atoms with van der Waals surface area (Å²) < 4.78 is 0. The molecule has 0 radical (unpaired) electrons. The fraction of sp³-hybridized carbons (Fsp3) is 0.150. The van der Waals surface area contributed by atoms with Gasteiger partial charge in [-0.05, 0) is 88.6 Å². The molecule has 1 aliphatic rings. The molecule has 0 saturated heterocycles. The van der Waals surface area contributed by atoms with Crippen LogP contribution in [-0.2, 0) is 0 Å². The summed E-state index contributed by atoms with van der Waals surface area (Å²) in [6.07, 6.45) is 10.6. The smallest absolute Gasteiger partial charge is 0.0702 e. The molecule has 3 heterocycles. The van der Waals surface area contributed by atoms with E-state index in [0.717, 1.165) is 69.7 Å². The first kappa shape index (κ1) is 41.1. The van der Waals surface area contributed by atoms with E-state index in [1.165, 1.54) is 39.8 Å². The quantitative estimate of drug-likeness (QED) is 0.146. The van der Waals surface area contributed by atoms with Gasteiger partial charge in [-0.15, -0.1) is 0 Å². The van der Waals surface area contributed by atoms with E-state index >= 15 is 0 Å². The maximum absolute atomic E-state index is 4.97. The van der Waals surface area contributed by atoms with Gasteiger partial charge in [-0.25, -0.2) is 0 Å². The van der Waals surface area contributed by atoms with Gasteiger partial charge in [0.1, 0.15) is 0 Å². The van der Waals surface area contributed by atoms with Crippen molar-refractivity contribution in [2.75, 3.05) is 0 Å². The number of rotatable bonds is 9. The van der Waals surface area contributed by atoms with E-state index < -0.39 is 0 Å². The highest BCUT2D eigenvalue weighted by Crippen LogP contribution is 2.52.